The van der Waals surface area contributed by atoms with Gasteiger partial charge in [0.1, 0.15) is 0 Å². The number of aromatic nitrogens is 1. The van der Waals surface area contributed by atoms with E-state index in [2.05, 4.69) is 17.2 Å². The maximum atomic E-state index is 4.00. The average molecular weight is 127 g/mol. The molecule has 1 heteroatoms. The first kappa shape index (κ1) is 5.42. The summed E-state index contributed by atoms with van der Waals surface area (Å²) in [6.45, 7) is 0. The van der Waals surface area contributed by atoms with Gasteiger partial charge < -0.3 is 0 Å². The lowest BCUT2D eigenvalue weighted by Gasteiger charge is -1.90. The van der Waals surface area contributed by atoms with Crippen molar-refractivity contribution in [3.8, 4) is 0 Å². The SMILES string of the molecule is [c]1ccc2ccc[c]c2n1. The van der Waals surface area contributed by atoms with Gasteiger partial charge in [0.25, 0.3) is 0 Å². The number of hydrogen-bond donors (Lipinski definition) is 0. The van der Waals surface area contributed by atoms with Gasteiger partial charge in [0.2, 0.25) is 0 Å². The van der Waals surface area contributed by atoms with Crippen LogP contribution >= 0.6 is 0 Å². The molecule has 0 unspecified atom stereocenters. The van der Waals surface area contributed by atoms with Crippen LogP contribution in [0.2, 0.25) is 0 Å². The lowest BCUT2D eigenvalue weighted by Crippen LogP contribution is -1.74. The van der Waals surface area contributed by atoms with Gasteiger partial charge in [-0.1, -0.05) is 24.3 Å². The van der Waals surface area contributed by atoms with Crippen molar-refractivity contribution >= 4 is 10.9 Å². The van der Waals surface area contributed by atoms with E-state index in [1.54, 1.807) is 6.07 Å². The highest BCUT2D eigenvalue weighted by Gasteiger charge is 1.87. The number of hydrogen-bond acceptors (Lipinski definition) is 1. The Morgan fingerprint density at radius 2 is 2.20 bits per heavy atom. The maximum absolute atomic E-state index is 4.00. The highest BCUT2D eigenvalue weighted by Crippen LogP contribution is 2.06. The summed E-state index contributed by atoms with van der Waals surface area (Å²) < 4.78 is 0. The molecule has 2 aromatic rings. The summed E-state index contributed by atoms with van der Waals surface area (Å²) in [4.78, 5) is 4.00. The number of para-hydroxylation sites is 1. The Morgan fingerprint density at radius 3 is 3.10 bits per heavy atom. The summed E-state index contributed by atoms with van der Waals surface area (Å²) in [7, 11) is 0. The molecular formula is C9H5N. The van der Waals surface area contributed by atoms with Crippen molar-refractivity contribution in [2.75, 3.05) is 0 Å². The summed E-state index contributed by atoms with van der Waals surface area (Å²) in [5, 5.41) is 1.11. The van der Waals surface area contributed by atoms with Gasteiger partial charge in [-0.05, 0) is 6.07 Å². The standard InChI is InChI=1S/C9H5N/c1-2-6-9-8(4-1)5-3-7-10-9/h1-5H. The second-order valence-corrected chi connectivity index (χ2v) is 2.05. The van der Waals surface area contributed by atoms with Gasteiger partial charge in [0.15, 0.2) is 0 Å². The summed E-state index contributed by atoms with van der Waals surface area (Å²) in [6.07, 6.45) is 2.75. The topological polar surface area (TPSA) is 12.9 Å². The number of nitrogens with zero attached hydrogens (tertiary/aromatic N) is 1. The molecule has 0 atom stereocenters. The Balaban J connectivity index is 2.89. The summed E-state index contributed by atoms with van der Waals surface area (Å²) in [6, 6.07) is 12.6. The minimum absolute atomic E-state index is 0.880. The predicted octanol–water partition coefficient (Wildman–Crippen LogP) is 1.84. The van der Waals surface area contributed by atoms with E-state index in [1.807, 2.05) is 24.3 Å². The van der Waals surface area contributed by atoms with E-state index < -0.39 is 0 Å². The fraction of sp³-hybridized carbons (Fsp3) is 0. The molecule has 0 aliphatic carbocycles. The fourth-order valence-corrected chi connectivity index (χ4v) is 0.901. The number of pyridine rings is 1. The van der Waals surface area contributed by atoms with Crippen LogP contribution in [0.25, 0.3) is 10.9 Å². The third-order valence-corrected chi connectivity index (χ3v) is 1.38. The van der Waals surface area contributed by atoms with Crippen molar-refractivity contribution in [1.29, 1.82) is 0 Å². The summed E-state index contributed by atoms with van der Waals surface area (Å²) >= 11 is 0. The smallest absolute Gasteiger partial charge is 0.0894 e. The van der Waals surface area contributed by atoms with Crippen LogP contribution in [0.15, 0.2) is 30.3 Å². The van der Waals surface area contributed by atoms with E-state index in [0.717, 1.165) is 10.9 Å². The predicted molar refractivity (Wildman–Crippen MR) is 39.4 cm³/mol. The second kappa shape index (κ2) is 2.10. The van der Waals surface area contributed by atoms with E-state index in [-0.39, 0.29) is 0 Å². The Kier molecular flexibility index (Phi) is 1.14. The third-order valence-electron chi connectivity index (χ3n) is 1.38. The van der Waals surface area contributed by atoms with E-state index >= 15 is 0 Å². The lowest BCUT2D eigenvalue weighted by molar-refractivity contribution is 1.39. The molecule has 0 fully saturated rings. The molecule has 0 saturated carbocycles. The monoisotopic (exact) mass is 127 g/mol. The van der Waals surface area contributed by atoms with Crippen LogP contribution in [-0.4, -0.2) is 4.98 Å². The van der Waals surface area contributed by atoms with Gasteiger partial charge in [-0.2, -0.15) is 0 Å². The maximum Gasteiger partial charge on any atom is 0.0894 e. The van der Waals surface area contributed by atoms with Gasteiger partial charge in [-0.25, -0.2) is 4.98 Å². The van der Waals surface area contributed by atoms with E-state index in [9.17, 15) is 0 Å². The number of rotatable bonds is 0. The largest absolute Gasteiger partial charge is 0.245 e. The van der Waals surface area contributed by atoms with Crippen LogP contribution in [0.5, 0.6) is 0 Å². The van der Waals surface area contributed by atoms with Crippen LogP contribution < -0.4 is 0 Å². The highest BCUT2D eigenvalue weighted by atomic mass is 14.6. The van der Waals surface area contributed by atoms with Gasteiger partial charge in [-0.3, -0.25) is 0 Å². The Bertz CT molecular complexity index is 276. The minimum atomic E-state index is 0.880. The highest BCUT2D eigenvalue weighted by molar-refractivity contribution is 5.77. The van der Waals surface area contributed by atoms with Gasteiger partial charge >= 0.3 is 0 Å². The molecule has 10 heavy (non-hydrogen) atoms. The Labute approximate surface area is 59.3 Å². The molecule has 0 bridgehead atoms. The van der Waals surface area contributed by atoms with Gasteiger partial charge in [0, 0.05) is 11.5 Å². The summed E-state index contributed by atoms with van der Waals surface area (Å²) in [5.41, 5.74) is 0.880. The van der Waals surface area contributed by atoms with Crippen LogP contribution in [-0.2, 0) is 0 Å². The van der Waals surface area contributed by atoms with Crippen molar-refractivity contribution in [1.82, 2.24) is 4.98 Å². The second-order valence-electron chi connectivity index (χ2n) is 2.05. The molecule has 0 N–H and O–H groups in total. The van der Waals surface area contributed by atoms with Crippen molar-refractivity contribution in [3.63, 3.8) is 0 Å². The average Bonchev–Trinajstić information content (AvgIpc) is 2.05. The molecule has 2 rings (SSSR count). The first-order valence-electron chi connectivity index (χ1n) is 3.10. The molecule has 2 radical (unpaired) electrons. The molecule has 0 saturated heterocycles. The first-order valence-corrected chi connectivity index (χ1v) is 3.10. The quantitative estimate of drug-likeness (QED) is 0.526. The number of fused-ring (bicyclic) bond motifs is 1. The van der Waals surface area contributed by atoms with E-state index in [1.165, 1.54) is 0 Å². The Hall–Kier alpha value is -1.37. The first-order chi connectivity index (χ1) is 4.97. The fourth-order valence-electron chi connectivity index (χ4n) is 0.901. The summed E-state index contributed by atoms with van der Waals surface area (Å²) in [5.74, 6) is 0. The van der Waals surface area contributed by atoms with Gasteiger partial charge in [-0.15, -0.1) is 0 Å². The van der Waals surface area contributed by atoms with Crippen LogP contribution in [0.4, 0.5) is 0 Å². The Morgan fingerprint density at radius 1 is 1.20 bits per heavy atom. The molecular weight excluding hydrogens is 122 g/mol. The van der Waals surface area contributed by atoms with Crippen LogP contribution in [0.3, 0.4) is 0 Å². The zero-order chi connectivity index (χ0) is 6.81. The zero-order valence-corrected chi connectivity index (χ0v) is 5.33. The van der Waals surface area contributed by atoms with Crippen molar-refractivity contribution < 1.29 is 0 Å². The minimum Gasteiger partial charge on any atom is -0.245 e. The van der Waals surface area contributed by atoms with Gasteiger partial charge in [0.05, 0.1) is 11.7 Å². The third kappa shape index (κ3) is 0.760. The van der Waals surface area contributed by atoms with Crippen LogP contribution in [0.1, 0.15) is 0 Å². The molecule has 0 aliphatic heterocycles. The van der Waals surface area contributed by atoms with E-state index in [4.69, 9.17) is 0 Å². The van der Waals surface area contributed by atoms with E-state index in [0.29, 0.717) is 0 Å². The normalized spacial score (nSPS) is 10.0. The number of benzene rings is 1. The van der Waals surface area contributed by atoms with Crippen LogP contribution in [0, 0.1) is 12.3 Å². The lowest BCUT2D eigenvalue weighted by atomic mass is 10.2. The molecule has 1 aromatic heterocycles. The zero-order valence-electron chi connectivity index (χ0n) is 5.33. The molecule has 0 spiro atoms. The molecule has 46 valence electrons. The van der Waals surface area contributed by atoms with Crippen molar-refractivity contribution in [2.45, 2.75) is 0 Å². The molecule has 1 nitrogen and oxygen atoms in total. The molecule has 1 heterocycles. The molecule has 0 aliphatic rings. The van der Waals surface area contributed by atoms with Crippen molar-refractivity contribution in [2.24, 2.45) is 0 Å². The molecule has 0 amide bonds. The molecule has 1 aromatic carbocycles. The van der Waals surface area contributed by atoms with Crippen molar-refractivity contribution in [3.05, 3.63) is 42.6 Å².